The number of aliphatic hydroxyl groups is 1. The highest BCUT2D eigenvalue weighted by atomic mass is 16.5. The van der Waals surface area contributed by atoms with Crippen LogP contribution >= 0.6 is 0 Å². The molecule has 1 aliphatic carbocycles. The van der Waals surface area contributed by atoms with Gasteiger partial charge in [0.05, 0.1) is 30.2 Å². The van der Waals surface area contributed by atoms with Crippen molar-refractivity contribution in [2.24, 2.45) is 0 Å². The number of nitrogens with zero attached hydrogens (tertiary/aromatic N) is 5. The standard InChI is InChI=1S/C34H39N7O3/c1-21(2)32-38-37-30-17-14-24(19-40(30)32)44-28-16-15-27(25-8-6-7-9-26(25)28)35-33(43)36-31-18-29(34(3,4)5)39-41(31)23-12-10-22(20-42)11-13-23/h6-14,17-19,21,27-28,42H,15-16,20H2,1-5H3,(H2,35,36,43)/t27-,28-/m0/s1. The Balaban J connectivity index is 1.21. The molecular weight excluding hydrogens is 554 g/mol. The van der Waals surface area contributed by atoms with Crippen molar-refractivity contribution >= 4 is 17.5 Å². The van der Waals surface area contributed by atoms with Crippen LogP contribution in [0.25, 0.3) is 11.3 Å². The van der Waals surface area contributed by atoms with Gasteiger partial charge in [0.2, 0.25) is 0 Å². The number of pyridine rings is 1. The van der Waals surface area contributed by atoms with E-state index in [0.717, 1.165) is 58.1 Å². The van der Waals surface area contributed by atoms with Crippen LogP contribution in [-0.2, 0) is 12.0 Å². The molecule has 0 radical (unpaired) electrons. The number of benzene rings is 2. The smallest absolute Gasteiger partial charge is 0.320 e. The molecular formula is C34H39N7O3. The largest absolute Gasteiger partial charge is 0.484 e. The lowest BCUT2D eigenvalue weighted by Gasteiger charge is -2.32. The summed E-state index contributed by atoms with van der Waals surface area (Å²) in [4.78, 5) is 13.4. The Morgan fingerprint density at radius 1 is 1.02 bits per heavy atom. The van der Waals surface area contributed by atoms with Crippen LogP contribution in [0, 0.1) is 0 Å². The van der Waals surface area contributed by atoms with Crippen molar-refractivity contribution in [1.29, 1.82) is 0 Å². The van der Waals surface area contributed by atoms with Crippen LogP contribution in [0.2, 0.25) is 0 Å². The zero-order valence-electron chi connectivity index (χ0n) is 25.8. The molecule has 3 aromatic heterocycles. The fourth-order valence-corrected chi connectivity index (χ4v) is 5.63. The average Bonchev–Trinajstić information content (AvgIpc) is 3.63. The monoisotopic (exact) mass is 593 g/mol. The highest BCUT2D eigenvalue weighted by molar-refractivity contribution is 5.89. The van der Waals surface area contributed by atoms with Gasteiger partial charge < -0.3 is 15.2 Å². The molecule has 5 aromatic rings. The number of aliphatic hydroxyl groups excluding tert-OH is 1. The number of hydrogen-bond acceptors (Lipinski definition) is 6. The van der Waals surface area contributed by atoms with E-state index in [-0.39, 0.29) is 36.1 Å². The van der Waals surface area contributed by atoms with Crippen molar-refractivity contribution in [2.45, 2.75) is 77.5 Å². The van der Waals surface area contributed by atoms with Gasteiger partial charge >= 0.3 is 6.03 Å². The number of urea groups is 1. The number of fused-ring (bicyclic) bond motifs is 2. The van der Waals surface area contributed by atoms with Gasteiger partial charge in [-0.1, -0.05) is 71.0 Å². The summed E-state index contributed by atoms with van der Waals surface area (Å²) >= 11 is 0. The van der Waals surface area contributed by atoms with Gasteiger partial charge in [0.1, 0.15) is 23.5 Å². The van der Waals surface area contributed by atoms with Crippen molar-refractivity contribution < 1.29 is 14.6 Å². The lowest BCUT2D eigenvalue weighted by atomic mass is 9.85. The maximum atomic E-state index is 13.4. The fraction of sp³-hybridized carbons (Fsp3) is 0.353. The van der Waals surface area contributed by atoms with Gasteiger partial charge in [-0.3, -0.25) is 9.72 Å². The third-order valence-corrected chi connectivity index (χ3v) is 8.02. The molecule has 0 saturated heterocycles. The molecule has 10 nitrogen and oxygen atoms in total. The molecule has 44 heavy (non-hydrogen) atoms. The Kier molecular flexibility index (Phi) is 7.85. The number of nitrogens with one attached hydrogen (secondary N) is 2. The summed E-state index contributed by atoms with van der Waals surface area (Å²) in [6.07, 6.45) is 3.26. The number of aromatic nitrogens is 5. The molecule has 0 saturated carbocycles. The number of carbonyl (C=O) groups is 1. The number of hydrogen-bond donors (Lipinski definition) is 3. The summed E-state index contributed by atoms with van der Waals surface area (Å²) in [7, 11) is 0. The molecule has 0 fully saturated rings. The topological polar surface area (TPSA) is 119 Å². The Labute approximate surface area is 257 Å². The van der Waals surface area contributed by atoms with E-state index in [9.17, 15) is 9.90 Å². The number of rotatable bonds is 7. The van der Waals surface area contributed by atoms with Crippen LogP contribution in [0.1, 0.15) is 93.7 Å². The van der Waals surface area contributed by atoms with Crippen molar-refractivity contribution in [3.05, 3.63) is 101 Å². The Bertz CT molecular complexity index is 1780. The van der Waals surface area contributed by atoms with Crippen molar-refractivity contribution in [2.75, 3.05) is 5.32 Å². The van der Waals surface area contributed by atoms with Crippen molar-refractivity contribution in [1.82, 2.24) is 29.7 Å². The Hall–Kier alpha value is -4.70. The third kappa shape index (κ3) is 5.90. The third-order valence-electron chi connectivity index (χ3n) is 8.02. The number of ether oxygens (including phenoxy) is 1. The van der Waals surface area contributed by atoms with Crippen LogP contribution in [0.4, 0.5) is 10.6 Å². The molecule has 3 N–H and O–H groups in total. The fourth-order valence-electron chi connectivity index (χ4n) is 5.63. The van der Waals surface area contributed by atoms with Gasteiger partial charge in [0, 0.05) is 17.4 Å². The maximum Gasteiger partial charge on any atom is 0.320 e. The predicted molar refractivity (Wildman–Crippen MR) is 169 cm³/mol. The van der Waals surface area contributed by atoms with Crippen LogP contribution < -0.4 is 15.4 Å². The molecule has 10 heteroatoms. The van der Waals surface area contributed by atoms with Gasteiger partial charge in [0.15, 0.2) is 5.65 Å². The lowest BCUT2D eigenvalue weighted by Crippen LogP contribution is -2.36. The summed E-state index contributed by atoms with van der Waals surface area (Å²) in [5.41, 5.74) is 5.13. The van der Waals surface area contributed by atoms with E-state index in [1.54, 1.807) is 4.68 Å². The van der Waals surface area contributed by atoms with E-state index < -0.39 is 0 Å². The Morgan fingerprint density at radius 2 is 1.77 bits per heavy atom. The first-order chi connectivity index (χ1) is 21.1. The highest BCUT2D eigenvalue weighted by Gasteiger charge is 2.30. The minimum absolute atomic E-state index is 0.0364. The van der Waals surface area contributed by atoms with Crippen molar-refractivity contribution in [3.63, 3.8) is 0 Å². The molecule has 0 aliphatic heterocycles. The van der Waals surface area contributed by atoms with Gasteiger partial charge in [0.25, 0.3) is 0 Å². The van der Waals surface area contributed by atoms with Gasteiger partial charge in [-0.05, 0) is 53.8 Å². The summed E-state index contributed by atoms with van der Waals surface area (Å²) < 4.78 is 10.2. The zero-order valence-corrected chi connectivity index (χ0v) is 25.8. The second-order valence-electron chi connectivity index (χ2n) is 12.7. The second-order valence-corrected chi connectivity index (χ2v) is 12.7. The molecule has 2 atom stereocenters. The number of amides is 2. The van der Waals surface area contributed by atoms with Crippen LogP contribution in [-0.4, -0.2) is 35.5 Å². The van der Waals surface area contributed by atoms with E-state index in [1.165, 1.54) is 0 Å². The zero-order chi connectivity index (χ0) is 31.0. The SMILES string of the molecule is CC(C)c1nnc2ccc(O[C@H]3CC[C@H](NC(=O)Nc4cc(C(C)(C)C)nn4-c4ccc(CO)cc4)c4ccccc43)cn12. The van der Waals surface area contributed by atoms with Gasteiger partial charge in [-0.25, -0.2) is 9.48 Å². The average molecular weight is 594 g/mol. The van der Waals surface area contributed by atoms with E-state index in [1.807, 2.05) is 65.2 Å². The number of carbonyl (C=O) groups excluding carboxylic acids is 1. The molecule has 0 spiro atoms. The normalized spacial score (nSPS) is 16.6. The van der Waals surface area contributed by atoms with Crippen LogP contribution in [0.3, 0.4) is 0 Å². The minimum atomic E-state index is -0.308. The van der Waals surface area contributed by atoms with Gasteiger partial charge in [-0.2, -0.15) is 5.10 Å². The molecule has 3 heterocycles. The molecule has 0 unspecified atom stereocenters. The number of anilines is 1. The first-order valence-corrected chi connectivity index (χ1v) is 15.1. The van der Waals surface area contributed by atoms with Gasteiger partial charge in [-0.15, -0.1) is 10.2 Å². The molecule has 2 aromatic carbocycles. The first-order valence-electron chi connectivity index (χ1n) is 15.1. The first kappa shape index (κ1) is 29.4. The maximum absolute atomic E-state index is 13.4. The molecule has 0 bridgehead atoms. The summed E-state index contributed by atoms with van der Waals surface area (Å²) in [5.74, 6) is 2.44. The van der Waals surface area contributed by atoms with E-state index in [0.29, 0.717) is 5.82 Å². The molecule has 228 valence electrons. The quantitative estimate of drug-likeness (QED) is 0.196. The lowest BCUT2D eigenvalue weighted by molar-refractivity contribution is 0.171. The summed E-state index contributed by atoms with van der Waals surface area (Å²) in [6.45, 7) is 10.4. The predicted octanol–water partition coefficient (Wildman–Crippen LogP) is 6.60. The van der Waals surface area contributed by atoms with Crippen molar-refractivity contribution in [3.8, 4) is 11.4 Å². The second kappa shape index (κ2) is 11.8. The molecule has 2 amide bonds. The summed E-state index contributed by atoms with van der Waals surface area (Å²) in [6, 6.07) is 20.9. The minimum Gasteiger partial charge on any atom is -0.484 e. The van der Waals surface area contributed by atoms with E-state index >= 15 is 0 Å². The van der Waals surface area contributed by atoms with Crippen LogP contribution in [0.5, 0.6) is 5.75 Å². The summed E-state index contributed by atoms with van der Waals surface area (Å²) in [5, 5.41) is 29.1. The van der Waals surface area contributed by atoms with Crippen LogP contribution in [0.15, 0.2) is 72.9 Å². The van der Waals surface area contributed by atoms with E-state index in [2.05, 4.69) is 67.6 Å². The Morgan fingerprint density at radius 3 is 2.48 bits per heavy atom. The molecule has 6 rings (SSSR count). The molecule has 1 aliphatic rings. The highest BCUT2D eigenvalue weighted by Crippen LogP contribution is 2.39. The van der Waals surface area contributed by atoms with E-state index in [4.69, 9.17) is 9.84 Å².